The van der Waals surface area contributed by atoms with Crippen molar-refractivity contribution in [2.24, 2.45) is 5.92 Å². The lowest BCUT2D eigenvalue weighted by atomic mass is 10.1. The third-order valence-electron chi connectivity index (χ3n) is 3.10. The lowest BCUT2D eigenvalue weighted by Crippen LogP contribution is -2.38. The van der Waals surface area contributed by atoms with E-state index in [0.29, 0.717) is 5.69 Å². The van der Waals surface area contributed by atoms with E-state index in [1.165, 1.54) is 16.6 Å². The highest BCUT2D eigenvalue weighted by atomic mass is 32.2. The van der Waals surface area contributed by atoms with Crippen molar-refractivity contribution in [3.05, 3.63) is 18.0 Å². The molecule has 0 saturated heterocycles. The number of aromatic nitrogens is 1. The van der Waals surface area contributed by atoms with E-state index in [2.05, 4.69) is 4.98 Å². The van der Waals surface area contributed by atoms with E-state index in [9.17, 15) is 8.42 Å². The number of hydrogen-bond acceptors (Lipinski definition) is 3. The van der Waals surface area contributed by atoms with E-state index in [0.717, 1.165) is 0 Å². The van der Waals surface area contributed by atoms with Crippen LogP contribution < -0.4 is 0 Å². The van der Waals surface area contributed by atoms with Gasteiger partial charge in [-0.05, 0) is 18.9 Å². The zero-order valence-corrected chi connectivity index (χ0v) is 11.5. The Morgan fingerprint density at radius 2 is 2.00 bits per heavy atom. The molecule has 0 radical (unpaired) electrons. The van der Waals surface area contributed by atoms with Crippen LogP contribution in [0.2, 0.25) is 0 Å². The molecule has 1 aromatic rings. The van der Waals surface area contributed by atoms with E-state index in [1.807, 2.05) is 20.8 Å². The van der Waals surface area contributed by atoms with Crippen LogP contribution >= 0.6 is 0 Å². The molecule has 1 rings (SSSR count). The Hall–Kier alpha value is -0.850. The third kappa shape index (κ3) is 2.88. The number of aliphatic hydroxyl groups excluding tert-OH is 1. The molecule has 0 aliphatic heterocycles. The number of nitrogens with one attached hydrogen (secondary N) is 1. The summed E-state index contributed by atoms with van der Waals surface area (Å²) in [6.07, 6.45) is 1.41. The van der Waals surface area contributed by atoms with Crippen molar-refractivity contribution < 1.29 is 13.5 Å². The molecular weight excluding hydrogens is 240 g/mol. The Morgan fingerprint density at radius 3 is 2.41 bits per heavy atom. The average molecular weight is 260 g/mol. The van der Waals surface area contributed by atoms with E-state index in [4.69, 9.17) is 5.11 Å². The van der Waals surface area contributed by atoms with E-state index in [1.54, 1.807) is 7.05 Å². The fourth-order valence-electron chi connectivity index (χ4n) is 1.46. The molecular formula is C11H20N2O3S. The van der Waals surface area contributed by atoms with Crippen LogP contribution in [0.1, 0.15) is 26.5 Å². The smallest absolute Gasteiger partial charge is 0.244 e. The topological polar surface area (TPSA) is 73.4 Å². The van der Waals surface area contributed by atoms with Crippen LogP contribution in [0.5, 0.6) is 0 Å². The molecule has 2 N–H and O–H groups in total. The average Bonchev–Trinajstić information content (AvgIpc) is 2.75. The predicted octanol–water partition coefficient (Wildman–Crippen LogP) is 1.17. The first-order chi connectivity index (χ1) is 7.80. The van der Waals surface area contributed by atoms with Gasteiger partial charge in [0.15, 0.2) is 0 Å². The lowest BCUT2D eigenvalue weighted by Gasteiger charge is -2.26. The molecule has 0 fully saturated rings. The first-order valence-corrected chi connectivity index (χ1v) is 7.01. The summed E-state index contributed by atoms with van der Waals surface area (Å²) in [4.78, 5) is 2.92. The van der Waals surface area contributed by atoms with Gasteiger partial charge in [0, 0.05) is 25.0 Å². The number of hydrogen-bond donors (Lipinski definition) is 2. The summed E-state index contributed by atoms with van der Waals surface area (Å²) in [5.41, 5.74) is 0.495. The number of rotatable bonds is 5. The molecule has 0 spiro atoms. The molecule has 0 aliphatic carbocycles. The van der Waals surface area contributed by atoms with Gasteiger partial charge in [-0.25, -0.2) is 8.42 Å². The van der Waals surface area contributed by atoms with Gasteiger partial charge in [-0.2, -0.15) is 4.31 Å². The van der Waals surface area contributed by atoms with Gasteiger partial charge in [0.1, 0.15) is 0 Å². The van der Waals surface area contributed by atoms with Gasteiger partial charge in [0.25, 0.3) is 0 Å². The standard InChI is InChI=1S/C11H20N2O3S/c1-8(2)9(3)13(4)17(15,16)11-5-10(7-14)12-6-11/h5-6,8-9,12,14H,7H2,1-4H3. The van der Waals surface area contributed by atoms with Crippen molar-refractivity contribution in [2.75, 3.05) is 7.05 Å². The Morgan fingerprint density at radius 1 is 1.41 bits per heavy atom. The van der Waals surface area contributed by atoms with E-state index in [-0.39, 0.29) is 23.5 Å². The summed E-state index contributed by atoms with van der Waals surface area (Å²) in [7, 11) is -1.91. The molecule has 0 amide bonds. The normalized spacial score (nSPS) is 14.5. The number of nitrogens with zero attached hydrogens (tertiary/aromatic N) is 1. The van der Waals surface area contributed by atoms with Gasteiger partial charge in [-0.3, -0.25) is 0 Å². The molecule has 1 atom stereocenters. The summed E-state index contributed by atoms with van der Waals surface area (Å²) < 4.78 is 25.8. The van der Waals surface area contributed by atoms with Crippen LogP contribution in [0, 0.1) is 5.92 Å². The Balaban J connectivity index is 3.02. The molecule has 1 heterocycles. The number of aromatic amines is 1. The SMILES string of the molecule is CC(C)C(C)N(C)S(=O)(=O)c1c[nH]c(CO)c1. The van der Waals surface area contributed by atoms with Crippen molar-refractivity contribution in [1.82, 2.24) is 9.29 Å². The number of sulfonamides is 1. The van der Waals surface area contributed by atoms with Gasteiger partial charge in [0.2, 0.25) is 10.0 Å². The minimum absolute atomic E-state index is 0.0764. The van der Waals surface area contributed by atoms with Crippen LogP contribution in [-0.4, -0.2) is 35.9 Å². The quantitative estimate of drug-likeness (QED) is 0.834. The Kier molecular flexibility index (Phi) is 4.35. The second-order valence-corrected chi connectivity index (χ2v) is 6.52. The Bertz CT molecular complexity index is 465. The Labute approximate surface area is 103 Å². The second-order valence-electron chi connectivity index (χ2n) is 4.52. The van der Waals surface area contributed by atoms with Gasteiger partial charge in [-0.1, -0.05) is 13.8 Å². The van der Waals surface area contributed by atoms with Gasteiger partial charge in [0.05, 0.1) is 11.5 Å². The summed E-state index contributed by atoms with van der Waals surface area (Å²) in [5.74, 6) is 0.242. The molecule has 17 heavy (non-hydrogen) atoms. The van der Waals surface area contributed by atoms with Crippen LogP contribution in [0.3, 0.4) is 0 Å². The largest absolute Gasteiger partial charge is 0.390 e. The highest BCUT2D eigenvalue weighted by molar-refractivity contribution is 7.89. The first kappa shape index (κ1) is 14.2. The zero-order valence-electron chi connectivity index (χ0n) is 10.6. The maximum atomic E-state index is 12.2. The predicted molar refractivity (Wildman–Crippen MR) is 66.0 cm³/mol. The van der Waals surface area contributed by atoms with Crippen LogP contribution in [0.25, 0.3) is 0 Å². The monoisotopic (exact) mass is 260 g/mol. The lowest BCUT2D eigenvalue weighted by molar-refractivity contribution is 0.277. The molecule has 0 aromatic carbocycles. The molecule has 1 unspecified atom stereocenters. The molecule has 0 bridgehead atoms. The number of H-pyrrole nitrogens is 1. The molecule has 6 heteroatoms. The number of aliphatic hydroxyl groups is 1. The summed E-state index contributed by atoms with van der Waals surface area (Å²) >= 11 is 0. The molecule has 1 aromatic heterocycles. The van der Waals surface area contributed by atoms with Gasteiger partial charge < -0.3 is 10.1 Å². The van der Waals surface area contributed by atoms with Crippen molar-refractivity contribution in [3.8, 4) is 0 Å². The van der Waals surface area contributed by atoms with Gasteiger partial charge >= 0.3 is 0 Å². The maximum Gasteiger partial charge on any atom is 0.244 e. The molecule has 0 aliphatic rings. The summed E-state index contributed by atoms with van der Waals surface area (Å²) in [6.45, 7) is 5.64. The first-order valence-electron chi connectivity index (χ1n) is 5.57. The third-order valence-corrected chi connectivity index (χ3v) is 5.02. The minimum Gasteiger partial charge on any atom is -0.390 e. The van der Waals surface area contributed by atoms with Crippen molar-refractivity contribution >= 4 is 10.0 Å². The van der Waals surface area contributed by atoms with Crippen LogP contribution in [0.4, 0.5) is 0 Å². The summed E-state index contributed by atoms with van der Waals surface area (Å²) in [5, 5.41) is 8.91. The van der Waals surface area contributed by atoms with E-state index >= 15 is 0 Å². The second kappa shape index (κ2) is 5.20. The highest BCUT2D eigenvalue weighted by Crippen LogP contribution is 2.20. The maximum absolute atomic E-state index is 12.2. The van der Waals surface area contributed by atoms with Gasteiger partial charge in [-0.15, -0.1) is 0 Å². The minimum atomic E-state index is -3.48. The van der Waals surface area contributed by atoms with Crippen molar-refractivity contribution in [1.29, 1.82) is 0 Å². The van der Waals surface area contributed by atoms with Crippen molar-refractivity contribution in [2.45, 2.75) is 38.3 Å². The fourth-order valence-corrected chi connectivity index (χ4v) is 2.98. The zero-order chi connectivity index (χ0) is 13.2. The van der Waals surface area contributed by atoms with Crippen LogP contribution in [-0.2, 0) is 16.6 Å². The molecule has 98 valence electrons. The van der Waals surface area contributed by atoms with Crippen molar-refractivity contribution in [3.63, 3.8) is 0 Å². The van der Waals surface area contributed by atoms with Crippen LogP contribution in [0.15, 0.2) is 17.2 Å². The highest BCUT2D eigenvalue weighted by Gasteiger charge is 2.27. The molecule has 0 saturated carbocycles. The summed E-state index contributed by atoms with van der Waals surface area (Å²) in [6, 6.07) is 1.38. The molecule has 5 nitrogen and oxygen atoms in total. The van der Waals surface area contributed by atoms with E-state index < -0.39 is 10.0 Å². The fraction of sp³-hybridized carbons (Fsp3) is 0.636.